The summed E-state index contributed by atoms with van der Waals surface area (Å²) < 4.78 is 0. The molecule has 1 aromatic rings. The Bertz CT molecular complexity index is 293. The summed E-state index contributed by atoms with van der Waals surface area (Å²) in [4.78, 5) is 3.94. The van der Waals surface area contributed by atoms with E-state index in [0.717, 1.165) is 13.1 Å². The molecule has 0 saturated carbocycles. The van der Waals surface area contributed by atoms with Gasteiger partial charge in [-0.2, -0.15) is 0 Å². The van der Waals surface area contributed by atoms with Crippen molar-refractivity contribution >= 4 is 11.3 Å². The van der Waals surface area contributed by atoms with Gasteiger partial charge in [0, 0.05) is 30.1 Å². The van der Waals surface area contributed by atoms with E-state index >= 15 is 0 Å². The van der Waals surface area contributed by atoms with E-state index in [-0.39, 0.29) is 0 Å². The van der Waals surface area contributed by atoms with Crippen LogP contribution in [0.2, 0.25) is 0 Å². The van der Waals surface area contributed by atoms with Gasteiger partial charge >= 0.3 is 0 Å². The van der Waals surface area contributed by atoms with E-state index in [9.17, 15) is 0 Å². The summed E-state index contributed by atoms with van der Waals surface area (Å²) in [6.07, 6.45) is 3.62. The molecule has 0 fully saturated rings. The number of hydrogen-bond donors (Lipinski definition) is 1. The molecule has 3 heteroatoms. The summed E-state index contributed by atoms with van der Waals surface area (Å²) >= 11 is 1.86. The monoisotopic (exact) mass is 268 g/mol. The SMILES string of the molecule is CCC(CC)NCC(C)N(C)CCc1cccs1. The number of hydrogen-bond acceptors (Lipinski definition) is 3. The molecule has 0 saturated heterocycles. The van der Waals surface area contributed by atoms with Crippen molar-refractivity contribution in [3.63, 3.8) is 0 Å². The van der Waals surface area contributed by atoms with Crippen LogP contribution < -0.4 is 5.32 Å². The zero-order valence-electron chi connectivity index (χ0n) is 12.3. The molecule has 1 unspecified atom stereocenters. The Labute approximate surface area is 116 Å². The Hall–Kier alpha value is -0.380. The molecule has 1 rings (SSSR count). The lowest BCUT2D eigenvalue weighted by Crippen LogP contribution is -2.42. The van der Waals surface area contributed by atoms with E-state index < -0.39 is 0 Å². The highest BCUT2D eigenvalue weighted by Crippen LogP contribution is 2.10. The van der Waals surface area contributed by atoms with E-state index in [4.69, 9.17) is 0 Å². The van der Waals surface area contributed by atoms with Crippen LogP contribution in [0.3, 0.4) is 0 Å². The van der Waals surface area contributed by atoms with Gasteiger partial charge in [-0.3, -0.25) is 0 Å². The van der Waals surface area contributed by atoms with Gasteiger partial charge in [0.25, 0.3) is 0 Å². The lowest BCUT2D eigenvalue weighted by atomic mass is 10.1. The maximum atomic E-state index is 3.65. The fraction of sp³-hybridized carbons (Fsp3) is 0.733. The zero-order valence-corrected chi connectivity index (χ0v) is 13.1. The molecule has 1 atom stereocenters. The summed E-state index contributed by atoms with van der Waals surface area (Å²) in [6.45, 7) is 9.06. The molecule has 0 aromatic carbocycles. The fourth-order valence-electron chi connectivity index (χ4n) is 2.03. The van der Waals surface area contributed by atoms with Gasteiger partial charge in [-0.05, 0) is 44.7 Å². The standard InChI is InChI=1S/C15H28N2S/c1-5-14(6-2)16-12-13(3)17(4)10-9-15-8-7-11-18-15/h7-8,11,13-14,16H,5-6,9-10,12H2,1-4H3. The predicted molar refractivity (Wildman–Crippen MR) is 82.5 cm³/mol. The zero-order chi connectivity index (χ0) is 13.4. The van der Waals surface area contributed by atoms with E-state index in [2.05, 4.69) is 55.5 Å². The molecule has 0 aliphatic rings. The molecule has 0 aliphatic heterocycles. The molecule has 1 heterocycles. The Kier molecular flexibility index (Phi) is 7.56. The van der Waals surface area contributed by atoms with Crippen molar-refractivity contribution in [3.8, 4) is 0 Å². The largest absolute Gasteiger partial charge is 0.312 e. The van der Waals surface area contributed by atoms with Crippen molar-refractivity contribution in [2.75, 3.05) is 20.1 Å². The fourth-order valence-corrected chi connectivity index (χ4v) is 2.73. The molecule has 0 radical (unpaired) electrons. The van der Waals surface area contributed by atoms with Crippen molar-refractivity contribution in [1.29, 1.82) is 0 Å². The first kappa shape index (κ1) is 15.7. The molecule has 0 amide bonds. The maximum absolute atomic E-state index is 3.65. The van der Waals surface area contributed by atoms with Crippen molar-refractivity contribution in [2.45, 2.75) is 52.1 Å². The molecule has 1 N–H and O–H groups in total. The summed E-state index contributed by atoms with van der Waals surface area (Å²) in [5.41, 5.74) is 0. The molecule has 104 valence electrons. The second-order valence-corrected chi connectivity index (χ2v) is 6.11. The van der Waals surface area contributed by atoms with Crippen LogP contribution in [-0.4, -0.2) is 37.1 Å². The Morgan fingerprint density at radius 1 is 1.33 bits per heavy atom. The lowest BCUT2D eigenvalue weighted by Gasteiger charge is -2.26. The molecular weight excluding hydrogens is 240 g/mol. The first-order chi connectivity index (χ1) is 8.67. The van der Waals surface area contributed by atoms with Crippen LogP contribution in [0.25, 0.3) is 0 Å². The lowest BCUT2D eigenvalue weighted by molar-refractivity contribution is 0.246. The van der Waals surface area contributed by atoms with Crippen LogP contribution in [0.5, 0.6) is 0 Å². The summed E-state index contributed by atoms with van der Waals surface area (Å²) in [7, 11) is 2.23. The average molecular weight is 268 g/mol. The van der Waals surface area contributed by atoms with Gasteiger partial charge in [0.2, 0.25) is 0 Å². The van der Waals surface area contributed by atoms with Crippen LogP contribution in [0.4, 0.5) is 0 Å². The molecule has 18 heavy (non-hydrogen) atoms. The maximum Gasteiger partial charge on any atom is 0.0189 e. The van der Waals surface area contributed by atoms with Crippen LogP contribution in [0.1, 0.15) is 38.5 Å². The third-order valence-electron chi connectivity index (χ3n) is 3.73. The highest BCUT2D eigenvalue weighted by atomic mass is 32.1. The van der Waals surface area contributed by atoms with Crippen LogP contribution in [-0.2, 0) is 6.42 Å². The smallest absolute Gasteiger partial charge is 0.0189 e. The first-order valence-electron chi connectivity index (χ1n) is 7.13. The summed E-state index contributed by atoms with van der Waals surface area (Å²) in [6, 6.07) is 5.65. The van der Waals surface area contributed by atoms with E-state index in [0.29, 0.717) is 12.1 Å². The van der Waals surface area contributed by atoms with E-state index in [1.165, 1.54) is 24.1 Å². The van der Waals surface area contributed by atoms with Gasteiger partial charge in [0.15, 0.2) is 0 Å². The van der Waals surface area contributed by atoms with Gasteiger partial charge < -0.3 is 10.2 Å². The number of nitrogens with zero attached hydrogens (tertiary/aromatic N) is 1. The third kappa shape index (κ3) is 5.51. The second-order valence-electron chi connectivity index (χ2n) is 5.08. The predicted octanol–water partition coefficient (Wildman–Crippen LogP) is 3.39. The number of likely N-dealkylation sites (N-methyl/N-ethyl adjacent to an activating group) is 1. The van der Waals surface area contributed by atoms with Gasteiger partial charge in [-0.1, -0.05) is 19.9 Å². The van der Waals surface area contributed by atoms with Gasteiger partial charge in [0.1, 0.15) is 0 Å². The summed E-state index contributed by atoms with van der Waals surface area (Å²) in [5.74, 6) is 0. The van der Waals surface area contributed by atoms with Crippen LogP contribution in [0, 0.1) is 0 Å². The molecule has 1 aromatic heterocycles. The van der Waals surface area contributed by atoms with Crippen molar-refractivity contribution < 1.29 is 0 Å². The van der Waals surface area contributed by atoms with E-state index in [1.54, 1.807) is 0 Å². The first-order valence-corrected chi connectivity index (χ1v) is 8.01. The summed E-state index contributed by atoms with van der Waals surface area (Å²) in [5, 5.41) is 5.81. The average Bonchev–Trinajstić information content (AvgIpc) is 2.90. The molecule has 0 bridgehead atoms. The molecule has 0 spiro atoms. The molecule has 0 aliphatic carbocycles. The minimum atomic E-state index is 0.602. The number of thiophene rings is 1. The van der Waals surface area contributed by atoms with Crippen molar-refractivity contribution in [1.82, 2.24) is 10.2 Å². The van der Waals surface area contributed by atoms with Gasteiger partial charge in [0.05, 0.1) is 0 Å². The van der Waals surface area contributed by atoms with Gasteiger partial charge in [-0.25, -0.2) is 0 Å². The molecular formula is C15H28N2S. The Morgan fingerprint density at radius 2 is 2.06 bits per heavy atom. The van der Waals surface area contributed by atoms with Crippen molar-refractivity contribution in [3.05, 3.63) is 22.4 Å². The minimum absolute atomic E-state index is 0.602. The van der Waals surface area contributed by atoms with E-state index in [1.807, 2.05) is 11.3 Å². The Morgan fingerprint density at radius 3 is 2.61 bits per heavy atom. The number of rotatable bonds is 9. The highest BCUT2D eigenvalue weighted by Gasteiger charge is 2.11. The highest BCUT2D eigenvalue weighted by molar-refractivity contribution is 7.09. The topological polar surface area (TPSA) is 15.3 Å². The van der Waals surface area contributed by atoms with Crippen molar-refractivity contribution in [2.24, 2.45) is 0 Å². The molecule has 2 nitrogen and oxygen atoms in total. The quantitative estimate of drug-likeness (QED) is 0.738. The van der Waals surface area contributed by atoms with Crippen LogP contribution >= 0.6 is 11.3 Å². The third-order valence-corrected chi connectivity index (χ3v) is 4.67. The number of nitrogens with one attached hydrogen (secondary N) is 1. The van der Waals surface area contributed by atoms with Gasteiger partial charge in [-0.15, -0.1) is 11.3 Å². The normalized spacial score (nSPS) is 13.4. The Balaban J connectivity index is 2.21. The van der Waals surface area contributed by atoms with Crippen LogP contribution in [0.15, 0.2) is 17.5 Å². The second kappa shape index (κ2) is 8.68. The minimum Gasteiger partial charge on any atom is -0.312 e.